The second-order valence-corrected chi connectivity index (χ2v) is 22.3. The molecule has 0 aliphatic heterocycles. The van der Waals surface area contributed by atoms with Gasteiger partial charge in [0.15, 0.2) is 6.10 Å². The lowest BCUT2D eigenvalue weighted by molar-refractivity contribution is -0.167. The summed E-state index contributed by atoms with van der Waals surface area (Å²) in [5.74, 6) is -0.904. The standard InChI is InChI=1S/C75H126O6/c1-4-7-10-13-16-19-22-25-28-30-32-34-35-36-37-38-39-41-42-44-47-50-53-56-59-62-65-68-74(77)80-71-72(70-79-73(76)67-64-61-58-55-52-49-46-27-24-21-18-15-12-9-6-3)81-75(78)69-66-63-60-57-54-51-48-45-43-40-33-31-29-26-23-20-17-14-11-8-5-2/h7,9-10,12,16,18-19,21,23,25-28,31-34,36-37,46,72H,4-6,8,11,13-15,17,20,22,24,29-30,35,38-45,47-71H2,1-3H3/b10-7-,12-9-,19-16-,21-18-,26-23-,28-25-,33-31-,34-32-,37-36-,46-27-. The zero-order valence-corrected chi connectivity index (χ0v) is 53.0. The van der Waals surface area contributed by atoms with Crippen molar-refractivity contribution in [2.75, 3.05) is 13.2 Å². The van der Waals surface area contributed by atoms with Gasteiger partial charge in [0.1, 0.15) is 13.2 Å². The van der Waals surface area contributed by atoms with Crippen molar-refractivity contribution in [2.45, 2.75) is 322 Å². The fraction of sp³-hybridized carbons (Fsp3) is 0.693. The number of rotatable bonds is 61. The molecule has 0 bridgehead atoms. The third-order valence-corrected chi connectivity index (χ3v) is 14.4. The lowest BCUT2D eigenvalue weighted by Crippen LogP contribution is -2.30. The van der Waals surface area contributed by atoms with Gasteiger partial charge in [-0.3, -0.25) is 14.4 Å². The number of allylic oxidation sites excluding steroid dienone is 20. The Morgan fingerprint density at radius 2 is 0.481 bits per heavy atom. The van der Waals surface area contributed by atoms with E-state index in [1.807, 2.05) is 0 Å². The smallest absolute Gasteiger partial charge is 0.306 e. The van der Waals surface area contributed by atoms with Crippen LogP contribution in [-0.2, 0) is 28.6 Å². The van der Waals surface area contributed by atoms with Crippen LogP contribution in [0.2, 0.25) is 0 Å². The summed E-state index contributed by atoms with van der Waals surface area (Å²) in [6.45, 7) is 6.41. The van der Waals surface area contributed by atoms with E-state index in [4.69, 9.17) is 14.2 Å². The predicted molar refractivity (Wildman–Crippen MR) is 353 cm³/mol. The van der Waals surface area contributed by atoms with Gasteiger partial charge >= 0.3 is 17.9 Å². The molecule has 1 atom stereocenters. The number of unbranched alkanes of at least 4 members (excludes halogenated alkanes) is 30. The molecule has 462 valence electrons. The lowest BCUT2D eigenvalue weighted by Gasteiger charge is -2.18. The Morgan fingerprint density at radius 3 is 0.753 bits per heavy atom. The number of hydrogen-bond acceptors (Lipinski definition) is 6. The molecule has 0 aromatic carbocycles. The minimum atomic E-state index is -0.794. The quantitative estimate of drug-likeness (QED) is 0.0261. The Balaban J connectivity index is 4.36. The molecule has 0 rings (SSSR count). The number of esters is 3. The number of carbonyl (C=O) groups is 3. The normalized spacial score (nSPS) is 12.9. The molecular weight excluding hydrogens is 997 g/mol. The molecular formula is C75H126O6. The number of ether oxygens (including phenoxy) is 3. The summed E-state index contributed by atoms with van der Waals surface area (Å²) in [5, 5.41) is 0. The summed E-state index contributed by atoms with van der Waals surface area (Å²) >= 11 is 0. The molecule has 0 spiro atoms. The van der Waals surface area contributed by atoms with Crippen LogP contribution in [0.25, 0.3) is 0 Å². The average molecular weight is 1120 g/mol. The molecule has 0 aromatic heterocycles. The fourth-order valence-electron chi connectivity index (χ4n) is 9.40. The topological polar surface area (TPSA) is 78.9 Å². The van der Waals surface area contributed by atoms with E-state index in [1.165, 1.54) is 141 Å². The second kappa shape index (κ2) is 68.3. The number of carbonyl (C=O) groups excluding carboxylic acids is 3. The van der Waals surface area contributed by atoms with Crippen LogP contribution in [0.3, 0.4) is 0 Å². The van der Waals surface area contributed by atoms with Gasteiger partial charge in [-0.1, -0.05) is 290 Å². The summed E-state index contributed by atoms with van der Waals surface area (Å²) in [4.78, 5) is 38.4. The molecule has 0 N–H and O–H groups in total. The molecule has 0 aliphatic rings. The SMILES string of the molecule is CC/C=C\C/C=C\C/C=C\C/C=C\C/C=C\CCCCCCCCCCCCCC(=O)OCC(COC(=O)CCCCCCC/C=C\C/C=C\C/C=C\CC)OC(=O)CCCCCCCCCCC/C=C\C/C=C\CCCCCCC. The van der Waals surface area contributed by atoms with Gasteiger partial charge < -0.3 is 14.2 Å². The van der Waals surface area contributed by atoms with Crippen LogP contribution >= 0.6 is 0 Å². The van der Waals surface area contributed by atoms with Gasteiger partial charge in [-0.05, 0) is 128 Å². The van der Waals surface area contributed by atoms with Crippen LogP contribution < -0.4 is 0 Å². The summed E-state index contributed by atoms with van der Waals surface area (Å²) in [7, 11) is 0. The molecule has 0 aromatic rings. The maximum atomic E-state index is 12.9. The first-order valence-electron chi connectivity index (χ1n) is 34.0. The van der Waals surface area contributed by atoms with Gasteiger partial charge in [0, 0.05) is 19.3 Å². The maximum absolute atomic E-state index is 12.9. The zero-order chi connectivity index (χ0) is 58.5. The van der Waals surface area contributed by atoms with E-state index in [0.29, 0.717) is 19.3 Å². The van der Waals surface area contributed by atoms with Crippen molar-refractivity contribution in [1.82, 2.24) is 0 Å². The molecule has 0 saturated carbocycles. The summed E-state index contributed by atoms with van der Waals surface area (Å²) in [5.41, 5.74) is 0. The largest absolute Gasteiger partial charge is 0.462 e. The molecule has 0 aliphatic carbocycles. The van der Waals surface area contributed by atoms with Gasteiger partial charge in [-0.15, -0.1) is 0 Å². The average Bonchev–Trinajstić information content (AvgIpc) is 3.47. The number of hydrogen-bond donors (Lipinski definition) is 0. The van der Waals surface area contributed by atoms with Crippen molar-refractivity contribution >= 4 is 17.9 Å². The zero-order valence-electron chi connectivity index (χ0n) is 53.0. The first kappa shape index (κ1) is 76.8. The van der Waals surface area contributed by atoms with Crippen LogP contribution in [0, 0.1) is 0 Å². The molecule has 0 fully saturated rings. The monoisotopic (exact) mass is 1120 g/mol. The Morgan fingerprint density at radius 1 is 0.259 bits per heavy atom. The van der Waals surface area contributed by atoms with Gasteiger partial charge in [0.2, 0.25) is 0 Å². The Hall–Kier alpha value is -4.19. The van der Waals surface area contributed by atoms with E-state index in [0.717, 1.165) is 135 Å². The Bertz CT molecular complexity index is 1670. The van der Waals surface area contributed by atoms with Crippen LogP contribution in [0.15, 0.2) is 122 Å². The minimum absolute atomic E-state index is 0.0881. The van der Waals surface area contributed by atoms with Crippen LogP contribution in [0.4, 0.5) is 0 Å². The van der Waals surface area contributed by atoms with E-state index in [-0.39, 0.29) is 31.1 Å². The van der Waals surface area contributed by atoms with E-state index >= 15 is 0 Å². The molecule has 0 radical (unpaired) electrons. The molecule has 0 saturated heterocycles. The third kappa shape index (κ3) is 66.5. The van der Waals surface area contributed by atoms with Crippen molar-refractivity contribution < 1.29 is 28.6 Å². The van der Waals surface area contributed by atoms with E-state index in [9.17, 15) is 14.4 Å². The van der Waals surface area contributed by atoms with Crippen molar-refractivity contribution in [1.29, 1.82) is 0 Å². The van der Waals surface area contributed by atoms with Crippen LogP contribution in [0.5, 0.6) is 0 Å². The van der Waals surface area contributed by atoms with Gasteiger partial charge in [0.05, 0.1) is 0 Å². The first-order chi connectivity index (χ1) is 40.0. The van der Waals surface area contributed by atoms with Crippen LogP contribution in [-0.4, -0.2) is 37.2 Å². The van der Waals surface area contributed by atoms with Crippen molar-refractivity contribution in [3.63, 3.8) is 0 Å². The van der Waals surface area contributed by atoms with Crippen molar-refractivity contribution in [3.05, 3.63) is 122 Å². The summed E-state index contributed by atoms with van der Waals surface area (Å²) in [6.07, 6.45) is 94.9. The molecule has 1 unspecified atom stereocenters. The van der Waals surface area contributed by atoms with Gasteiger partial charge in [-0.25, -0.2) is 0 Å². The highest BCUT2D eigenvalue weighted by atomic mass is 16.6. The highest BCUT2D eigenvalue weighted by Gasteiger charge is 2.19. The van der Waals surface area contributed by atoms with Crippen molar-refractivity contribution in [2.24, 2.45) is 0 Å². The molecule has 6 heteroatoms. The summed E-state index contributed by atoms with van der Waals surface area (Å²) < 4.78 is 17.0. The van der Waals surface area contributed by atoms with E-state index in [1.54, 1.807) is 0 Å². The molecule has 0 heterocycles. The predicted octanol–water partition coefficient (Wildman–Crippen LogP) is 23.6. The fourth-order valence-corrected chi connectivity index (χ4v) is 9.40. The van der Waals surface area contributed by atoms with Crippen LogP contribution in [0.1, 0.15) is 316 Å². The minimum Gasteiger partial charge on any atom is -0.462 e. The first-order valence-corrected chi connectivity index (χ1v) is 34.0. The summed E-state index contributed by atoms with van der Waals surface area (Å²) in [6, 6.07) is 0. The van der Waals surface area contributed by atoms with E-state index in [2.05, 4.69) is 142 Å². The lowest BCUT2D eigenvalue weighted by atomic mass is 10.0. The Kier molecular flexibility index (Phi) is 64.8. The Labute approximate surface area is 501 Å². The van der Waals surface area contributed by atoms with Crippen molar-refractivity contribution in [3.8, 4) is 0 Å². The highest BCUT2D eigenvalue weighted by Crippen LogP contribution is 2.16. The van der Waals surface area contributed by atoms with Gasteiger partial charge in [0.25, 0.3) is 0 Å². The molecule has 6 nitrogen and oxygen atoms in total. The van der Waals surface area contributed by atoms with E-state index < -0.39 is 6.10 Å². The van der Waals surface area contributed by atoms with Gasteiger partial charge in [-0.2, -0.15) is 0 Å². The second-order valence-electron chi connectivity index (χ2n) is 22.3. The third-order valence-electron chi connectivity index (χ3n) is 14.4. The molecule has 81 heavy (non-hydrogen) atoms. The maximum Gasteiger partial charge on any atom is 0.306 e. The highest BCUT2D eigenvalue weighted by molar-refractivity contribution is 5.71. The molecule has 0 amide bonds.